The zero-order valence-electron chi connectivity index (χ0n) is 27.9. The molecule has 0 aliphatic rings. The van der Waals surface area contributed by atoms with Gasteiger partial charge in [-0.2, -0.15) is 0 Å². The molecular formula is C31H63BrO13. The molecule has 0 amide bonds. The Kier molecular flexibility index (Phi) is 43.9. The van der Waals surface area contributed by atoms with Gasteiger partial charge in [-0.3, -0.25) is 0 Å². The normalized spacial score (nSPS) is 11.6. The standard InChI is InChI=1S/C31H63BrO13/c1-2-3-4-6-33-8-10-35-12-14-37-16-18-39-20-22-41-24-26-43-28-30-45-31-29-44-27-25-42-23-21-40-19-17-38-15-13-36-11-9-34-7-5-32/h2-31H2,1H3. The molecule has 0 N–H and O–H groups in total. The number of halogens is 1. The minimum absolute atomic E-state index is 0.515. The molecule has 13 nitrogen and oxygen atoms in total. The Bertz CT molecular complexity index is 470. The summed E-state index contributed by atoms with van der Waals surface area (Å²) in [6.45, 7) is 16.7. The van der Waals surface area contributed by atoms with Crippen LogP contribution in [0.3, 0.4) is 0 Å². The molecule has 0 atom stereocenters. The van der Waals surface area contributed by atoms with Crippen molar-refractivity contribution in [3.05, 3.63) is 0 Å². The van der Waals surface area contributed by atoms with Gasteiger partial charge in [-0.25, -0.2) is 0 Å². The summed E-state index contributed by atoms with van der Waals surface area (Å²) in [6, 6.07) is 0. The number of hydrogen-bond acceptors (Lipinski definition) is 13. The van der Waals surface area contributed by atoms with Crippen molar-refractivity contribution in [2.45, 2.75) is 26.2 Å². The van der Waals surface area contributed by atoms with Crippen LogP contribution in [0.15, 0.2) is 0 Å². The fourth-order valence-corrected chi connectivity index (χ4v) is 3.48. The minimum Gasteiger partial charge on any atom is -0.379 e. The first-order valence-corrected chi connectivity index (χ1v) is 17.6. The second kappa shape index (κ2) is 44.0. The van der Waals surface area contributed by atoms with Crippen LogP contribution in [0.2, 0.25) is 0 Å². The van der Waals surface area contributed by atoms with E-state index >= 15 is 0 Å². The lowest BCUT2D eigenvalue weighted by atomic mass is 10.3. The Balaban J connectivity index is 3.03. The molecule has 0 heterocycles. The summed E-state index contributed by atoms with van der Waals surface area (Å²) in [6.07, 6.45) is 3.54. The second-order valence-corrected chi connectivity index (χ2v) is 10.1. The highest BCUT2D eigenvalue weighted by Gasteiger charge is 1.97. The largest absolute Gasteiger partial charge is 0.379 e. The number of rotatable bonds is 42. The van der Waals surface area contributed by atoms with Crippen LogP contribution < -0.4 is 0 Å². The molecule has 272 valence electrons. The smallest absolute Gasteiger partial charge is 0.0701 e. The maximum atomic E-state index is 5.48. The number of unbranched alkanes of at least 4 members (excludes halogenated alkanes) is 2. The van der Waals surface area contributed by atoms with Gasteiger partial charge in [-0.05, 0) is 6.42 Å². The van der Waals surface area contributed by atoms with Crippen LogP contribution >= 0.6 is 15.9 Å². The van der Waals surface area contributed by atoms with Gasteiger partial charge in [0.05, 0.1) is 165 Å². The van der Waals surface area contributed by atoms with E-state index in [9.17, 15) is 0 Å². The summed E-state index contributed by atoms with van der Waals surface area (Å²) in [7, 11) is 0. The van der Waals surface area contributed by atoms with Crippen molar-refractivity contribution >= 4 is 15.9 Å². The molecule has 0 radical (unpaired) electrons. The lowest BCUT2D eigenvalue weighted by Gasteiger charge is -2.09. The van der Waals surface area contributed by atoms with Crippen molar-refractivity contribution in [2.24, 2.45) is 0 Å². The Morgan fingerprint density at radius 2 is 0.422 bits per heavy atom. The van der Waals surface area contributed by atoms with Gasteiger partial charge >= 0.3 is 0 Å². The van der Waals surface area contributed by atoms with Gasteiger partial charge in [-0.15, -0.1) is 0 Å². The molecule has 0 unspecified atom stereocenters. The van der Waals surface area contributed by atoms with Crippen LogP contribution in [0.5, 0.6) is 0 Å². The van der Waals surface area contributed by atoms with Crippen LogP contribution in [-0.2, 0) is 61.6 Å². The number of alkyl halides is 1. The van der Waals surface area contributed by atoms with Crippen LogP contribution in [0.25, 0.3) is 0 Å². The second-order valence-electron chi connectivity index (χ2n) is 9.36. The van der Waals surface area contributed by atoms with Crippen LogP contribution in [0, 0.1) is 0 Å². The molecule has 0 aromatic carbocycles. The van der Waals surface area contributed by atoms with Gasteiger partial charge in [0.25, 0.3) is 0 Å². The molecule has 45 heavy (non-hydrogen) atoms. The molecule has 0 aromatic rings. The van der Waals surface area contributed by atoms with Crippen molar-refractivity contribution < 1.29 is 61.6 Å². The summed E-state index contributed by atoms with van der Waals surface area (Å²) < 4.78 is 70.9. The molecule has 14 heteroatoms. The molecule has 0 saturated carbocycles. The van der Waals surface area contributed by atoms with Gasteiger partial charge in [0, 0.05) is 11.9 Å². The van der Waals surface area contributed by atoms with E-state index in [1.807, 2.05) is 0 Å². The minimum atomic E-state index is 0.515. The van der Waals surface area contributed by atoms with E-state index in [-0.39, 0.29) is 0 Å². The van der Waals surface area contributed by atoms with E-state index in [1.54, 1.807) is 0 Å². The first-order valence-electron chi connectivity index (χ1n) is 16.5. The third-order valence-corrected chi connectivity index (χ3v) is 5.90. The molecule has 0 rings (SSSR count). The van der Waals surface area contributed by atoms with Crippen LogP contribution in [-0.4, -0.2) is 177 Å². The maximum absolute atomic E-state index is 5.48. The van der Waals surface area contributed by atoms with E-state index in [0.29, 0.717) is 165 Å². The van der Waals surface area contributed by atoms with Crippen LogP contribution in [0.4, 0.5) is 0 Å². The number of hydrogen-bond donors (Lipinski definition) is 0. The van der Waals surface area contributed by atoms with Gasteiger partial charge in [-0.1, -0.05) is 35.7 Å². The highest BCUT2D eigenvalue weighted by Crippen LogP contribution is 1.94. The molecular weight excluding hydrogens is 660 g/mol. The quantitative estimate of drug-likeness (QED) is 0.0679. The van der Waals surface area contributed by atoms with Gasteiger partial charge < -0.3 is 61.6 Å². The van der Waals surface area contributed by atoms with E-state index < -0.39 is 0 Å². The summed E-state index contributed by atoms with van der Waals surface area (Å²) in [5, 5.41) is 0.838. The van der Waals surface area contributed by atoms with Crippen molar-refractivity contribution in [1.29, 1.82) is 0 Å². The highest BCUT2D eigenvalue weighted by molar-refractivity contribution is 9.09. The molecule has 0 aromatic heterocycles. The fourth-order valence-electron chi connectivity index (χ4n) is 3.25. The average molecular weight is 724 g/mol. The topological polar surface area (TPSA) is 120 Å². The summed E-state index contributed by atoms with van der Waals surface area (Å²) in [4.78, 5) is 0. The average Bonchev–Trinajstić information content (AvgIpc) is 3.05. The van der Waals surface area contributed by atoms with Gasteiger partial charge in [0.2, 0.25) is 0 Å². The van der Waals surface area contributed by atoms with E-state index in [2.05, 4.69) is 22.9 Å². The molecule has 0 bridgehead atoms. The monoisotopic (exact) mass is 722 g/mol. The van der Waals surface area contributed by atoms with Gasteiger partial charge in [0.1, 0.15) is 0 Å². The first kappa shape index (κ1) is 45.0. The Hall–Kier alpha value is -0.0400. The fraction of sp³-hybridized carbons (Fsp3) is 1.00. The predicted molar refractivity (Wildman–Crippen MR) is 174 cm³/mol. The van der Waals surface area contributed by atoms with E-state index in [1.165, 1.54) is 12.8 Å². The van der Waals surface area contributed by atoms with Crippen LogP contribution in [0.1, 0.15) is 26.2 Å². The Morgan fingerprint density at radius 3 is 0.600 bits per heavy atom. The predicted octanol–water partition coefficient (Wildman–Crippen LogP) is 2.79. The SMILES string of the molecule is CCCCCOCCOCCOCCOCCOCCOCCOCCOCCOCCOCCOCCOCCOCCBr. The lowest BCUT2D eigenvalue weighted by Crippen LogP contribution is -2.15. The molecule has 0 fully saturated rings. The molecule has 0 saturated heterocycles. The van der Waals surface area contributed by atoms with E-state index in [0.717, 1.165) is 18.4 Å². The van der Waals surface area contributed by atoms with Crippen molar-refractivity contribution in [3.8, 4) is 0 Å². The Labute approximate surface area is 280 Å². The summed E-state index contributed by atoms with van der Waals surface area (Å²) in [5.74, 6) is 0. The lowest BCUT2D eigenvalue weighted by molar-refractivity contribution is -0.0289. The van der Waals surface area contributed by atoms with Crippen molar-refractivity contribution in [3.63, 3.8) is 0 Å². The van der Waals surface area contributed by atoms with E-state index in [4.69, 9.17) is 61.6 Å². The Morgan fingerprint density at radius 1 is 0.244 bits per heavy atom. The summed E-state index contributed by atoms with van der Waals surface area (Å²) >= 11 is 3.30. The third kappa shape index (κ3) is 44.0. The molecule has 0 aliphatic carbocycles. The first-order chi connectivity index (χ1) is 22.4. The molecule has 0 spiro atoms. The van der Waals surface area contributed by atoms with Crippen molar-refractivity contribution in [2.75, 3.05) is 177 Å². The highest BCUT2D eigenvalue weighted by atomic mass is 79.9. The zero-order chi connectivity index (χ0) is 32.4. The third-order valence-electron chi connectivity index (χ3n) is 5.58. The maximum Gasteiger partial charge on any atom is 0.0701 e. The van der Waals surface area contributed by atoms with Gasteiger partial charge in [0.15, 0.2) is 0 Å². The van der Waals surface area contributed by atoms with Crippen molar-refractivity contribution in [1.82, 2.24) is 0 Å². The number of ether oxygens (including phenoxy) is 13. The molecule has 0 aliphatic heterocycles. The summed E-state index contributed by atoms with van der Waals surface area (Å²) in [5.41, 5.74) is 0. The zero-order valence-corrected chi connectivity index (χ0v) is 29.5.